The number of fused-ring (bicyclic) bond motifs is 1. The molecule has 0 atom stereocenters. The average Bonchev–Trinajstić information content (AvgIpc) is 2.87. The summed E-state index contributed by atoms with van der Waals surface area (Å²) in [6.45, 7) is 6.71. The molecule has 0 bridgehead atoms. The topological polar surface area (TPSA) is 71.0 Å². The number of aromatic amines is 1. The molecule has 1 amide bonds. The molecule has 0 saturated heterocycles. The molecule has 0 saturated carbocycles. The molecule has 1 N–H and O–H groups in total. The summed E-state index contributed by atoms with van der Waals surface area (Å²) < 4.78 is 1.77. The van der Waals surface area contributed by atoms with E-state index in [0.29, 0.717) is 17.8 Å². The maximum Gasteiger partial charge on any atom is 0.256 e. The molecule has 0 fully saturated rings. The number of amides is 1. The zero-order valence-corrected chi connectivity index (χ0v) is 13.5. The van der Waals surface area contributed by atoms with Crippen LogP contribution in [0.25, 0.3) is 17.1 Å². The molecular weight excluding hydrogens is 280 g/mol. The first kappa shape index (κ1) is 16.0. The first-order valence-corrected chi connectivity index (χ1v) is 7.47. The van der Waals surface area contributed by atoms with Gasteiger partial charge in [0, 0.05) is 36.7 Å². The first-order chi connectivity index (χ1) is 10.4. The van der Waals surface area contributed by atoms with Crippen LogP contribution >= 0.6 is 0 Å². The lowest BCUT2D eigenvalue weighted by Crippen LogP contribution is -2.25. The van der Waals surface area contributed by atoms with Crippen molar-refractivity contribution in [3.63, 3.8) is 0 Å². The molecule has 0 aromatic carbocycles. The van der Waals surface area contributed by atoms with E-state index in [-0.39, 0.29) is 17.5 Å². The predicted octanol–water partition coefficient (Wildman–Crippen LogP) is 2.19. The van der Waals surface area contributed by atoms with Crippen molar-refractivity contribution >= 4 is 23.0 Å². The highest BCUT2D eigenvalue weighted by Crippen LogP contribution is 2.15. The first-order valence-electron chi connectivity index (χ1n) is 7.47. The number of rotatable bonds is 5. The molecule has 0 aliphatic heterocycles. The number of likely N-dealkylation sites (N-methyl/N-ethyl adjacent to an activating group) is 1. The van der Waals surface area contributed by atoms with E-state index < -0.39 is 0 Å². The number of nitrogens with zero attached hydrogens (tertiary/aromatic N) is 3. The van der Waals surface area contributed by atoms with Crippen molar-refractivity contribution in [1.29, 1.82) is 0 Å². The second-order valence-corrected chi connectivity index (χ2v) is 5.63. The third-order valence-electron chi connectivity index (χ3n) is 3.46. The van der Waals surface area contributed by atoms with Crippen LogP contribution in [0.15, 0.2) is 23.1 Å². The fraction of sp³-hybridized carbons (Fsp3) is 0.438. The third kappa shape index (κ3) is 3.27. The van der Waals surface area contributed by atoms with Crippen LogP contribution in [0, 0.1) is 0 Å². The van der Waals surface area contributed by atoms with Crippen LogP contribution in [-0.2, 0) is 4.79 Å². The average molecular weight is 302 g/mol. The molecule has 2 aromatic rings. The summed E-state index contributed by atoms with van der Waals surface area (Å²) in [6.07, 6.45) is 5.60. The van der Waals surface area contributed by atoms with Gasteiger partial charge in [0.25, 0.3) is 5.56 Å². The SMILES string of the molecule is CCCN(C)C(=O)/C=C/c1cc2cnn(C(C)C)c2[nH]c1=O. The van der Waals surface area contributed by atoms with Crippen molar-refractivity contribution in [2.75, 3.05) is 13.6 Å². The molecule has 2 rings (SSSR count). The van der Waals surface area contributed by atoms with Crippen molar-refractivity contribution in [2.24, 2.45) is 0 Å². The molecule has 2 aromatic heterocycles. The molecule has 6 nitrogen and oxygen atoms in total. The summed E-state index contributed by atoms with van der Waals surface area (Å²) in [4.78, 5) is 28.5. The van der Waals surface area contributed by atoms with Gasteiger partial charge in [0.05, 0.1) is 6.20 Å². The molecule has 118 valence electrons. The quantitative estimate of drug-likeness (QED) is 0.861. The summed E-state index contributed by atoms with van der Waals surface area (Å²) in [5, 5.41) is 5.12. The number of pyridine rings is 1. The molecular formula is C16H22N4O2. The fourth-order valence-corrected chi connectivity index (χ4v) is 2.27. The standard InChI is InChI=1S/C16H22N4O2/c1-5-8-19(4)14(21)7-6-12-9-13-10-17-20(11(2)3)15(13)18-16(12)22/h6-7,9-11H,5,8H2,1-4H3,(H,18,22)/b7-6+. The van der Waals surface area contributed by atoms with Crippen molar-refractivity contribution in [2.45, 2.75) is 33.2 Å². The number of carbonyl (C=O) groups is 1. The van der Waals surface area contributed by atoms with Crippen molar-refractivity contribution in [1.82, 2.24) is 19.7 Å². The van der Waals surface area contributed by atoms with Gasteiger partial charge in [-0.25, -0.2) is 4.68 Å². The van der Waals surface area contributed by atoms with Gasteiger partial charge in [-0.15, -0.1) is 0 Å². The third-order valence-corrected chi connectivity index (χ3v) is 3.46. The normalized spacial score (nSPS) is 11.7. The summed E-state index contributed by atoms with van der Waals surface area (Å²) in [5.74, 6) is -0.112. The monoisotopic (exact) mass is 302 g/mol. The molecule has 2 heterocycles. The van der Waals surface area contributed by atoms with Gasteiger partial charge >= 0.3 is 0 Å². The van der Waals surface area contributed by atoms with Crippen LogP contribution in [-0.4, -0.2) is 39.2 Å². The highest BCUT2D eigenvalue weighted by molar-refractivity contribution is 5.92. The lowest BCUT2D eigenvalue weighted by Gasteiger charge is -2.12. The lowest BCUT2D eigenvalue weighted by atomic mass is 10.2. The van der Waals surface area contributed by atoms with E-state index in [1.54, 1.807) is 35.0 Å². The van der Waals surface area contributed by atoms with Crippen LogP contribution in [0.3, 0.4) is 0 Å². The largest absolute Gasteiger partial charge is 0.342 e. The van der Waals surface area contributed by atoms with Gasteiger partial charge in [0.2, 0.25) is 5.91 Å². The highest BCUT2D eigenvalue weighted by atomic mass is 16.2. The van der Waals surface area contributed by atoms with Gasteiger partial charge in [-0.05, 0) is 32.4 Å². The van der Waals surface area contributed by atoms with Gasteiger partial charge in [0.15, 0.2) is 0 Å². The Balaban J connectivity index is 2.31. The van der Waals surface area contributed by atoms with Gasteiger partial charge < -0.3 is 9.88 Å². The minimum absolute atomic E-state index is 0.112. The van der Waals surface area contributed by atoms with E-state index in [1.165, 1.54) is 6.08 Å². The Morgan fingerprint density at radius 2 is 2.23 bits per heavy atom. The summed E-state index contributed by atoms with van der Waals surface area (Å²) >= 11 is 0. The number of hydrogen-bond donors (Lipinski definition) is 1. The van der Waals surface area contributed by atoms with Gasteiger partial charge in [0.1, 0.15) is 5.65 Å². The smallest absolute Gasteiger partial charge is 0.256 e. The maximum atomic E-state index is 12.1. The Labute approximate surface area is 129 Å². The second-order valence-electron chi connectivity index (χ2n) is 5.63. The molecule has 0 radical (unpaired) electrons. The second kappa shape index (κ2) is 6.60. The lowest BCUT2D eigenvalue weighted by molar-refractivity contribution is -0.124. The van der Waals surface area contributed by atoms with E-state index in [0.717, 1.165) is 11.8 Å². The van der Waals surface area contributed by atoms with E-state index in [9.17, 15) is 9.59 Å². The Morgan fingerprint density at radius 1 is 1.50 bits per heavy atom. The number of carbonyl (C=O) groups excluding carboxylic acids is 1. The fourth-order valence-electron chi connectivity index (χ4n) is 2.27. The van der Waals surface area contributed by atoms with Gasteiger partial charge in [-0.2, -0.15) is 5.10 Å². The van der Waals surface area contributed by atoms with Gasteiger partial charge in [-0.3, -0.25) is 9.59 Å². The summed E-state index contributed by atoms with van der Waals surface area (Å²) in [6, 6.07) is 1.92. The van der Waals surface area contributed by atoms with Crippen molar-refractivity contribution in [3.8, 4) is 0 Å². The van der Waals surface area contributed by atoms with Crippen LogP contribution in [0.5, 0.6) is 0 Å². The molecule has 22 heavy (non-hydrogen) atoms. The van der Waals surface area contributed by atoms with Crippen LogP contribution < -0.4 is 5.56 Å². The van der Waals surface area contributed by atoms with E-state index in [2.05, 4.69) is 10.1 Å². The van der Waals surface area contributed by atoms with Gasteiger partial charge in [-0.1, -0.05) is 6.92 Å². The minimum Gasteiger partial charge on any atom is -0.342 e. The summed E-state index contributed by atoms with van der Waals surface area (Å²) in [5.41, 5.74) is 0.928. The molecule has 0 aliphatic rings. The number of hydrogen-bond acceptors (Lipinski definition) is 3. The summed E-state index contributed by atoms with van der Waals surface area (Å²) in [7, 11) is 1.75. The number of nitrogens with one attached hydrogen (secondary N) is 1. The molecule has 0 spiro atoms. The zero-order chi connectivity index (χ0) is 16.3. The van der Waals surface area contributed by atoms with Crippen molar-refractivity contribution < 1.29 is 4.79 Å². The molecule has 0 unspecified atom stereocenters. The Morgan fingerprint density at radius 3 is 2.86 bits per heavy atom. The molecule has 6 heteroatoms. The highest BCUT2D eigenvalue weighted by Gasteiger charge is 2.09. The number of H-pyrrole nitrogens is 1. The minimum atomic E-state index is -0.225. The van der Waals surface area contributed by atoms with Crippen LogP contribution in [0.1, 0.15) is 38.8 Å². The van der Waals surface area contributed by atoms with Crippen LogP contribution in [0.2, 0.25) is 0 Å². The van der Waals surface area contributed by atoms with Crippen LogP contribution in [0.4, 0.5) is 0 Å². The maximum absolute atomic E-state index is 12.1. The predicted molar refractivity (Wildman–Crippen MR) is 87.7 cm³/mol. The zero-order valence-electron chi connectivity index (χ0n) is 13.5. The Bertz CT molecular complexity index is 755. The van der Waals surface area contributed by atoms with E-state index in [4.69, 9.17) is 0 Å². The number of aromatic nitrogens is 3. The Hall–Kier alpha value is -2.37. The van der Waals surface area contributed by atoms with E-state index in [1.807, 2.05) is 20.8 Å². The Kier molecular flexibility index (Phi) is 4.80. The van der Waals surface area contributed by atoms with E-state index >= 15 is 0 Å². The van der Waals surface area contributed by atoms with Crippen molar-refractivity contribution in [3.05, 3.63) is 34.3 Å². The molecule has 0 aliphatic carbocycles.